The number of hydrogen-bond donors (Lipinski definition) is 0. The first-order valence-electron chi connectivity index (χ1n) is 7.82. The first-order valence-corrected chi connectivity index (χ1v) is 7.82. The molecule has 0 N–H and O–H groups in total. The monoisotopic (exact) mass is 291 g/mol. The van der Waals surface area contributed by atoms with Crippen molar-refractivity contribution < 1.29 is 0 Å². The highest BCUT2D eigenvalue weighted by atomic mass is 15.3. The molecule has 1 fully saturated rings. The Kier molecular flexibility index (Phi) is 4.85. The maximum absolute atomic E-state index is 9.18. The van der Waals surface area contributed by atoms with Crippen molar-refractivity contribution in [1.82, 2.24) is 9.80 Å². The van der Waals surface area contributed by atoms with Crippen molar-refractivity contribution in [2.75, 3.05) is 26.2 Å². The van der Waals surface area contributed by atoms with Crippen LogP contribution in [0.5, 0.6) is 0 Å². The Hall–Kier alpha value is -2.15. The minimum atomic E-state index is 0.800. The van der Waals surface area contributed by atoms with E-state index in [4.69, 9.17) is 0 Å². The van der Waals surface area contributed by atoms with Crippen LogP contribution in [0.2, 0.25) is 0 Å². The van der Waals surface area contributed by atoms with E-state index in [0.717, 1.165) is 50.4 Å². The van der Waals surface area contributed by atoms with Gasteiger partial charge in [-0.1, -0.05) is 48.5 Å². The van der Waals surface area contributed by atoms with E-state index >= 15 is 0 Å². The number of piperazine rings is 1. The maximum Gasteiger partial charge on any atom is 0.0995 e. The SMILES string of the molecule is N#Cc1ccccc1CN1CCN(Cc2ccccc2)CC1. The molecule has 2 aromatic carbocycles. The van der Waals surface area contributed by atoms with Crippen LogP contribution in [0, 0.1) is 11.3 Å². The van der Waals surface area contributed by atoms with Crippen molar-refractivity contribution >= 4 is 0 Å². The zero-order valence-electron chi connectivity index (χ0n) is 12.8. The number of nitrogens with zero attached hydrogens (tertiary/aromatic N) is 3. The van der Waals surface area contributed by atoms with Gasteiger partial charge in [-0.3, -0.25) is 9.80 Å². The van der Waals surface area contributed by atoms with Gasteiger partial charge in [0.05, 0.1) is 11.6 Å². The fraction of sp³-hybridized carbons (Fsp3) is 0.316. The molecule has 3 rings (SSSR count). The van der Waals surface area contributed by atoms with E-state index in [9.17, 15) is 5.26 Å². The molecule has 1 saturated heterocycles. The summed E-state index contributed by atoms with van der Waals surface area (Å²) in [5.41, 5.74) is 3.32. The molecule has 0 unspecified atom stereocenters. The van der Waals surface area contributed by atoms with Gasteiger partial charge in [-0.15, -0.1) is 0 Å². The van der Waals surface area contributed by atoms with Gasteiger partial charge in [-0.25, -0.2) is 0 Å². The topological polar surface area (TPSA) is 30.3 Å². The van der Waals surface area contributed by atoms with Crippen molar-refractivity contribution in [1.29, 1.82) is 5.26 Å². The van der Waals surface area contributed by atoms with Gasteiger partial charge >= 0.3 is 0 Å². The van der Waals surface area contributed by atoms with Crippen LogP contribution in [0.15, 0.2) is 54.6 Å². The summed E-state index contributed by atoms with van der Waals surface area (Å²) in [6.45, 7) is 6.21. The standard InChI is InChI=1S/C19H21N3/c20-14-18-8-4-5-9-19(18)16-22-12-10-21(11-13-22)15-17-6-2-1-3-7-17/h1-9H,10-13,15-16H2. The second-order valence-electron chi connectivity index (χ2n) is 5.81. The van der Waals surface area contributed by atoms with Crippen LogP contribution in [0.25, 0.3) is 0 Å². The minimum Gasteiger partial charge on any atom is -0.297 e. The molecule has 3 nitrogen and oxygen atoms in total. The predicted molar refractivity (Wildman–Crippen MR) is 88.2 cm³/mol. The summed E-state index contributed by atoms with van der Waals surface area (Å²) in [5.74, 6) is 0. The third-order valence-corrected chi connectivity index (χ3v) is 4.25. The molecule has 0 saturated carbocycles. The maximum atomic E-state index is 9.18. The summed E-state index contributed by atoms with van der Waals surface area (Å²) in [5, 5.41) is 9.18. The number of benzene rings is 2. The molecule has 0 atom stereocenters. The Labute approximate surface area is 132 Å². The van der Waals surface area contributed by atoms with Crippen LogP contribution in [0.3, 0.4) is 0 Å². The Morgan fingerprint density at radius 2 is 1.36 bits per heavy atom. The molecule has 0 radical (unpaired) electrons. The first-order chi connectivity index (χ1) is 10.8. The smallest absolute Gasteiger partial charge is 0.0995 e. The average molecular weight is 291 g/mol. The first kappa shape index (κ1) is 14.8. The summed E-state index contributed by atoms with van der Waals surface area (Å²) >= 11 is 0. The number of rotatable bonds is 4. The van der Waals surface area contributed by atoms with E-state index in [1.807, 2.05) is 18.2 Å². The summed E-state index contributed by atoms with van der Waals surface area (Å²) in [4.78, 5) is 4.94. The lowest BCUT2D eigenvalue weighted by Crippen LogP contribution is -2.45. The van der Waals surface area contributed by atoms with E-state index in [1.165, 1.54) is 5.56 Å². The largest absolute Gasteiger partial charge is 0.297 e. The van der Waals surface area contributed by atoms with Gasteiger partial charge in [0.25, 0.3) is 0 Å². The third kappa shape index (κ3) is 3.73. The van der Waals surface area contributed by atoms with Crippen LogP contribution >= 0.6 is 0 Å². The molecule has 22 heavy (non-hydrogen) atoms. The van der Waals surface area contributed by atoms with Crippen LogP contribution in [0.4, 0.5) is 0 Å². The molecule has 1 heterocycles. The molecular formula is C19H21N3. The second kappa shape index (κ2) is 7.22. The van der Waals surface area contributed by atoms with Gasteiger partial charge in [-0.05, 0) is 17.2 Å². The molecule has 3 heteroatoms. The zero-order valence-corrected chi connectivity index (χ0v) is 12.8. The van der Waals surface area contributed by atoms with Crippen molar-refractivity contribution in [3.8, 4) is 6.07 Å². The molecular weight excluding hydrogens is 270 g/mol. The van der Waals surface area contributed by atoms with Crippen LogP contribution in [-0.2, 0) is 13.1 Å². The third-order valence-electron chi connectivity index (χ3n) is 4.25. The molecule has 2 aromatic rings. The van der Waals surface area contributed by atoms with E-state index in [1.54, 1.807) is 0 Å². The fourth-order valence-electron chi connectivity index (χ4n) is 2.96. The van der Waals surface area contributed by atoms with E-state index < -0.39 is 0 Å². The fourth-order valence-corrected chi connectivity index (χ4v) is 2.96. The van der Waals surface area contributed by atoms with Crippen molar-refractivity contribution in [2.24, 2.45) is 0 Å². The molecule has 0 aliphatic carbocycles. The predicted octanol–water partition coefficient (Wildman–Crippen LogP) is 2.88. The summed E-state index contributed by atoms with van der Waals surface area (Å²) in [6, 6.07) is 20.9. The van der Waals surface area contributed by atoms with Crippen molar-refractivity contribution in [2.45, 2.75) is 13.1 Å². The Morgan fingerprint density at radius 1 is 0.773 bits per heavy atom. The van der Waals surface area contributed by atoms with Gasteiger partial charge in [0.2, 0.25) is 0 Å². The minimum absolute atomic E-state index is 0.800. The lowest BCUT2D eigenvalue weighted by Gasteiger charge is -2.34. The molecule has 0 amide bonds. The van der Waals surface area contributed by atoms with Crippen LogP contribution < -0.4 is 0 Å². The highest BCUT2D eigenvalue weighted by Crippen LogP contribution is 2.14. The quantitative estimate of drug-likeness (QED) is 0.867. The van der Waals surface area contributed by atoms with Gasteiger partial charge in [-0.2, -0.15) is 5.26 Å². The molecule has 1 aliphatic rings. The summed E-state index contributed by atoms with van der Waals surface area (Å²) in [7, 11) is 0. The van der Waals surface area contributed by atoms with E-state index in [-0.39, 0.29) is 0 Å². The van der Waals surface area contributed by atoms with Gasteiger partial charge in [0, 0.05) is 39.3 Å². The van der Waals surface area contributed by atoms with Crippen LogP contribution in [0.1, 0.15) is 16.7 Å². The van der Waals surface area contributed by atoms with Gasteiger partial charge in [0.15, 0.2) is 0 Å². The highest BCUT2D eigenvalue weighted by Gasteiger charge is 2.17. The number of hydrogen-bond acceptors (Lipinski definition) is 3. The summed E-state index contributed by atoms with van der Waals surface area (Å²) < 4.78 is 0. The summed E-state index contributed by atoms with van der Waals surface area (Å²) in [6.07, 6.45) is 0. The lowest BCUT2D eigenvalue weighted by molar-refractivity contribution is 0.122. The molecule has 0 aromatic heterocycles. The Morgan fingerprint density at radius 3 is 2.05 bits per heavy atom. The Bertz CT molecular complexity index is 637. The van der Waals surface area contributed by atoms with Gasteiger partial charge < -0.3 is 0 Å². The van der Waals surface area contributed by atoms with Crippen molar-refractivity contribution in [3.05, 3.63) is 71.3 Å². The van der Waals surface area contributed by atoms with E-state index in [2.05, 4.69) is 52.3 Å². The molecule has 0 spiro atoms. The lowest BCUT2D eigenvalue weighted by atomic mass is 10.1. The van der Waals surface area contributed by atoms with E-state index in [0.29, 0.717) is 0 Å². The Balaban J connectivity index is 1.53. The molecule has 1 aliphatic heterocycles. The second-order valence-corrected chi connectivity index (χ2v) is 5.81. The average Bonchev–Trinajstić information content (AvgIpc) is 2.58. The number of nitriles is 1. The molecule has 112 valence electrons. The molecule has 0 bridgehead atoms. The zero-order chi connectivity index (χ0) is 15.2. The normalized spacial score (nSPS) is 16.3. The van der Waals surface area contributed by atoms with Gasteiger partial charge in [0.1, 0.15) is 0 Å². The van der Waals surface area contributed by atoms with Crippen molar-refractivity contribution in [3.63, 3.8) is 0 Å². The highest BCUT2D eigenvalue weighted by molar-refractivity contribution is 5.37. The van der Waals surface area contributed by atoms with Crippen LogP contribution in [-0.4, -0.2) is 36.0 Å².